The number of benzene rings is 2. The molecule has 1 aliphatic carbocycles. The van der Waals surface area contributed by atoms with Crippen molar-refractivity contribution in [3.63, 3.8) is 0 Å². The van der Waals surface area contributed by atoms with Crippen LogP contribution < -0.4 is 5.73 Å². The van der Waals surface area contributed by atoms with E-state index in [1.54, 1.807) is 0 Å². The first kappa shape index (κ1) is 17.8. The molecule has 2 N–H and O–H groups in total. The number of amides is 1. The van der Waals surface area contributed by atoms with Crippen molar-refractivity contribution in [2.45, 2.75) is 51.0 Å². The number of rotatable bonds is 6. The highest BCUT2D eigenvalue weighted by Gasteiger charge is 2.29. The maximum absolute atomic E-state index is 11.9. The number of aromatic nitrogens is 1. The van der Waals surface area contributed by atoms with Crippen molar-refractivity contribution in [2.75, 3.05) is 0 Å². The average molecular weight is 361 g/mol. The summed E-state index contributed by atoms with van der Waals surface area (Å²) in [6.45, 7) is 0.843. The van der Waals surface area contributed by atoms with Crippen molar-refractivity contribution in [3.8, 4) is 0 Å². The molecule has 1 aliphatic rings. The average Bonchev–Trinajstić information content (AvgIpc) is 3.06. The fourth-order valence-corrected chi connectivity index (χ4v) is 4.77. The standard InChI is InChI=1S/C24H28N2O/c25-24(27)15-21(19-11-5-2-6-12-19)22-17-26(16-18-9-3-1-4-10-18)23-14-8-7-13-20(22)23/h1,3-4,7-10,13-14,17,19,21H,2,5-6,11-12,15-16H2,(H2,25,27)/t21-/m1/s1. The number of carbonyl (C=O) groups is 1. The van der Waals surface area contributed by atoms with E-state index in [-0.39, 0.29) is 11.8 Å². The summed E-state index contributed by atoms with van der Waals surface area (Å²) in [4.78, 5) is 11.9. The van der Waals surface area contributed by atoms with Crippen molar-refractivity contribution < 1.29 is 4.79 Å². The molecule has 0 aliphatic heterocycles. The van der Waals surface area contributed by atoms with Crippen LogP contribution in [0.5, 0.6) is 0 Å². The minimum Gasteiger partial charge on any atom is -0.370 e. The van der Waals surface area contributed by atoms with Gasteiger partial charge in [-0.05, 0) is 41.9 Å². The summed E-state index contributed by atoms with van der Waals surface area (Å²) in [5.41, 5.74) is 9.49. The Morgan fingerprint density at radius 1 is 1.00 bits per heavy atom. The lowest BCUT2D eigenvalue weighted by Crippen LogP contribution is -2.22. The van der Waals surface area contributed by atoms with Crippen LogP contribution in [0, 0.1) is 5.92 Å². The Hall–Kier alpha value is -2.55. The molecule has 140 valence electrons. The lowest BCUT2D eigenvalue weighted by atomic mass is 9.75. The molecule has 4 rings (SSSR count). The van der Waals surface area contributed by atoms with Gasteiger partial charge >= 0.3 is 0 Å². The van der Waals surface area contributed by atoms with Gasteiger partial charge in [0.05, 0.1) is 0 Å². The van der Waals surface area contributed by atoms with Gasteiger partial charge in [-0.25, -0.2) is 0 Å². The maximum atomic E-state index is 11.9. The van der Waals surface area contributed by atoms with Gasteiger partial charge in [-0.3, -0.25) is 4.79 Å². The Balaban J connectivity index is 1.75. The number of hydrogen-bond acceptors (Lipinski definition) is 1. The van der Waals surface area contributed by atoms with E-state index in [1.807, 2.05) is 0 Å². The molecule has 1 saturated carbocycles. The van der Waals surface area contributed by atoms with Gasteiger partial charge in [0.1, 0.15) is 0 Å². The van der Waals surface area contributed by atoms with Gasteiger partial charge < -0.3 is 10.3 Å². The number of hydrogen-bond donors (Lipinski definition) is 1. The van der Waals surface area contributed by atoms with Crippen LogP contribution in [0.15, 0.2) is 60.8 Å². The number of nitrogens with zero attached hydrogens (tertiary/aromatic N) is 1. The van der Waals surface area contributed by atoms with E-state index in [4.69, 9.17) is 5.73 Å². The fraction of sp³-hybridized carbons (Fsp3) is 0.375. The predicted octanol–water partition coefficient (Wildman–Crippen LogP) is 5.23. The third-order valence-corrected chi connectivity index (χ3v) is 6.05. The normalized spacial score (nSPS) is 16.4. The Morgan fingerprint density at radius 3 is 2.44 bits per heavy atom. The lowest BCUT2D eigenvalue weighted by Gasteiger charge is -2.29. The predicted molar refractivity (Wildman–Crippen MR) is 111 cm³/mol. The van der Waals surface area contributed by atoms with Crippen molar-refractivity contribution in [2.24, 2.45) is 11.7 Å². The molecule has 1 atom stereocenters. The third kappa shape index (κ3) is 3.92. The van der Waals surface area contributed by atoms with E-state index in [0.29, 0.717) is 12.3 Å². The van der Waals surface area contributed by atoms with Gasteiger partial charge in [0.25, 0.3) is 0 Å². The summed E-state index contributed by atoms with van der Waals surface area (Å²) in [7, 11) is 0. The molecular formula is C24H28N2O. The molecule has 2 aromatic carbocycles. The topological polar surface area (TPSA) is 48.0 Å². The Kier molecular flexibility index (Phi) is 5.28. The van der Waals surface area contributed by atoms with Crippen molar-refractivity contribution in [3.05, 3.63) is 71.9 Å². The Bertz CT molecular complexity index is 907. The van der Waals surface area contributed by atoms with Gasteiger partial charge in [0, 0.05) is 30.1 Å². The summed E-state index contributed by atoms with van der Waals surface area (Å²) in [5.74, 6) is 0.595. The van der Waals surface area contributed by atoms with Gasteiger partial charge in [0.15, 0.2) is 0 Å². The molecule has 1 heterocycles. The second-order valence-corrected chi connectivity index (χ2v) is 7.89. The van der Waals surface area contributed by atoms with E-state index < -0.39 is 0 Å². The van der Waals surface area contributed by atoms with E-state index in [2.05, 4.69) is 65.4 Å². The molecule has 0 bridgehead atoms. The van der Waals surface area contributed by atoms with Gasteiger partial charge in [-0.2, -0.15) is 0 Å². The first-order valence-electron chi connectivity index (χ1n) is 10.1. The Labute approximate surface area is 161 Å². The molecular weight excluding hydrogens is 332 g/mol. The lowest BCUT2D eigenvalue weighted by molar-refractivity contribution is -0.118. The van der Waals surface area contributed by atoms with Crippen LogP contribution in [0.25, 0.3) is 10.9 Å². The third-order valence-electron chi connectivity index (χ3n) is 6.05. The molecule has 1 amide bonds. The summed E-state index contributed by atoms with van der Waals surface area (Å²) >= 11 is 0. The summed E-state index contributed by atoms with van der Waals surface area (Å²) in [6, 6.07) is 19.1. The van der Waals surface area contributed by atoms with Crippen LogP contribution in [0.1, 0.15) is 55.6 Å². The minimum atomic E-state index is -0.189. The monoisotopic (exact) mass is 360 g/mol. The van der Waals surface area contributed by atoms with Crippen LogP contribution in [0.4, 0.5) is 0 Å². The number of carbonyl (C=O) groups excluding carboxylic acids is 1. The summed E-state index contributed by atoms with van der Waals surface area (Å²) in [5, 5.41) is 1.27. The largest absolute Gasteiger partial charge is 0.370 e. The van der Waals surface area contributed by atoms with Crippen molar-refractivity contribution >= 4 is 16.8 Å². The SMILES string of the molecule is NC(=O)C[C@@H](c1cn(Cc2ccccc2)c2ccccc12)C1CCCCC1. The number of primary amides is 1. The van der Waals surface area contributed by atoms with Crippen LogP contribution in [0.2, 0.25) is 0 Å². The number of fused-ring (bicyclic) bond motifs is 1. The molecule has 1 fully saturated rings. The molecule has 27 heavy (non-hydrogen) atoms. The first-order chi connectivity index (χ1) is 13.2. The molecule has 3 heteroatoms. The zero-order valence-corrected chi connectivity index (χ0v) is 15.8. The van der Waals surface area contributed by atoms with Gasteiger partial charge in [-0.1, -0.05) is 67.8 Å². The highest BCUT2D eigenvalue weighted by atomic mass is 16.1. The van der Waals surface area contributed by atoms with Crippen molar-refractivity contribution in [1.82, 2.24) is 4.57 Å². The highest BCUT2D eigenvalue weighted by molar-refractivity contribution is 5.86. The van der Waals surface area contributed by atoms with Crippen LogP contribution in [-0.2, 0) is 11.3 Å². The number of para-hydroxylation sites is 1. The van der Waals surface area contributed by atoms with Crippen LogP contribution in [-0.4, -0.2) is 10.5 Å². The van der Waals surface area contributed by atoms with Crippen LogP contribution >= 0.6 is 0 Å². The molecule has 3 aromatic rings. The molecule has 3 nitrogen and oxygen atoms in total. The maximum Gasteiger partial charge on any atom is 0.218 e. The first-order valence-corrected chi connectivity index (χ1v) is 10.1. The number of nitrogens with two attached hydrogens (primary N) is 1. The van der Waals surface area contributed by atoms with E-state index >= 15 is 0 Å². The molecule has 0 saturated heterocycles. The molecule has 1 aromatic heterocycles. The smallest absolute Gasteiger partial charge is 0.218 e. The highest BCUT2D eigenvalue weighted by Crippen LogP contribution is 2.41. The second kappa shape index (κ2) is 7.99. The van der Waals surface area contributed by atoms with Crippen LogP contribution in [0.3, 0.4) is 0 Å². The fourth-order valence-electron chi connectivity index (χ4n) is 4.77. The zero-order chi connectivity index (χ0) is 18.6. The molecule has 0 radical (unpaired) electrons. The van der Waals surface area contributed by atoms with E-state index in [9.17, 15) is 4.79 Å². The molecule has 0 unspecified atom stereocenters. The van der Waals surface area contributed by atoms with Crippen molar-refractivity contribution in [1.29, 1.82) is 0 Å². The second-order valence-electron chi connectivity index (χ2n) is 7.89. The van der Waals surface area contributed by atoms with E-state index in [1.165, 1.54) is 54.1 Å². The Morgan fingerprint density at radius 2 is 1.70 bits per heavy atom. The molecule has 0 spiro atoms. The minimum absolute atomic E-state index is 0.189. The van der Waals surface area contributed by atoms with Gasteiger partial charge in [-0.15, -0.1) is 0 Å². The van der Waals surface area contributed by atoms with Gasteiger partial charge in [0.2, 0.25) is 5.91 Å². The quantitative estimate of drug-likeness (QED) is 0.643. The van der Waals surface area contributed by atoms with E-state index in [0.717, 1.165) is 6.54 Å². The summed E-state index contributed by atoms with van der Waals surface area (Å²) < 4.78 is 2.33. The summed E-state index contributed by atoms with van der Waals surface area (Å²) in [6.07, 6.45) is 8.98. The zero-order valence-electron chi connectivity index (χ0n) is 15.8.